The van der Waals surface area contributed by atoms with Crippen molar-refractivity contribution in [1.82, 2.24) is 14.8 Å². The lowest BCUT2D eigenvalue weighted by Gasteiger charge is -2.10. The molecule has 0 unspecified atom stereocenters. The van der Waals surface area contributed by atoms with Gasteiger partial charge in [-0.2, -0.15) is 5.10 Å². The van der Waals surface area contributed by atoms with Gasteiger partial charge in [0.1, 0.15) is 12.2 Å². The summed E-state index contributed by atoms with van der Waals surface area (Å²) in [6.07, 6.45) is 1.53. The van der Waals surface area contributed by atoms with Crippen LogP contribution in [0.4, 0.5) is 0 Å². The zero-order chi connectivity index (χ0) is 20.5. The topological polar surface area (TPSA) is 96.5 Å². The highest BCUT2D eigenvalue weighted by molar-refractivity contribution is 7.19. The van der Waals surface area contributed by atoms with E-state index in [-0.39, 0.29) is 17.8 Å². The summed E-state index contributed by atoms with van der Waals surface area (Å²) in [6, 6.07) is 8.32. The van der Waals surface area contributed by atoms with Crippen molar-refractivity contribution in [2.75, 3.05) is 14.2 Å². The Bertz CT molecular complexity index is 1260. The molecule has 0 aliphatic rings. The number of carbonyl (C=O) groups excluding carboxylic acids is 1. The molecule has 0 radical (unpaired) electrons. The predicted molar refractivity (Wildman–Crippen MR) is 108 cm³/mol. The average molecular weight is 411 g/mol. The summed E-state index contributed by atoms with van der Waals surface area (Å²) < 4.78 is 17.7. The molecule has 148 valence electrons. The van der Waals surface area contributed by atoms with Gasteiger partial charge in [-0.3, -0.25) is 9.59 Å². The number of rotatable bonds is 6. The molecule has 29 heavy (non-hydrogen) atoms. The fourth-order valence-corrected chi connectivity index (χ4v) is 3.88. The number of aryl methyl sites for hydroxylation is 1. The van der Waals surface area contributed by atoms with E-state index in [0.29, 0.717) is 33.2 Å². The standard InChI is InChI=1S/C20H17N3O5S/c1-11-21-18-19(29-11)17(15-5-4-8-28-15)22-23(20(18)25)10-13(24)12-6-7-14(26-2)16(9-12)27-3/h4-9H,10H2,1-3H3. The molecule has 3 heterocycles. The van der Waals surface area contributed by atoms with E-state index >= 15 is 0 Å². The van der Waals surface area contributed by atoms with Gasteiger partial charge in [0, 0.05) is 5.56 Å². The van der Waals surface area contributed by atoms with E-state index in [1.807, 2.05) is 6.92 Å². The van der Waals surface area contributed by atoms with Crippen molar-refractivity contribution in [3.63, 3.8) is 0 Å². The highest BCUT2D eigenvalue weighted by Crippen LogP contribution is 2.30. The van der Waals surface area contributed by atoms with Gasteiger partial charge in [0.25, 0.3) is 5.56 Å². The molecule has 0 aliphatic heterocycles. The number of methoxy groups -OCH3 is 2. The van der Waals surface area contributed by atoms with E-state index < -0.39 is 5.56 Å². The van der Waals surface area contributed by atoms with Crippen molar-refractivity contribution in [3.05, 3.63) is 57.5 Å². The Balaban J connectivity index is 1.78. The molecule has 4 aromatic rings. The molecule has 0 fully saturated rings. The van der Waals surface area contributed by atoms with Gasteiger partial charge < -0.3 is 13.9 Å². The number of benzene rings is 1. The molecule has 0 saturated heterocycles. The van der Waals surface area contributed by atoms with E-state index in [0.717, 1.165) is 9.69 Å². The molecule has 0 bridgehead atoms. The highest BCUT2D eigenvalue weighted by atomic mass is 32.1. The van der Waals surface area contributed by atoms with Crippen LogP contribution in [-0.4, -0.2) is 34.8 Å². The second-order valence-corrected chi connectivity index (χ2v) is 7.40. The van der Waals surface area contributed by atoms with Crippen LogP contribution in [0.3, 0.4) is 0 Å². The number of Topliss-reactive ketones (excluding diaryl/α,β-unsaturated/α-hetero) is 1. The van der Waals surface area contributed by atoms with Crippen molar-refractivity contribution in [2.45, 2.75) is 13.5 Å². The molecule has 8 nitrogen and oxygen atoms in total. The SMILES string of the molecule is COc1ccc(C(=O)Cn2nc(-c3ccco3)c3sc(C)nc3c2=O)cc1OC. The van der Waals surface area contributed by atoms with Crippen molar-refractivity contribution in [3.8, 4) is 23.0 Å². The number of carbonyl (C=O) groups is 1. The molecule has 9 heteroatoms. The normalized spacial score (nSPS) is 11.0. The van der Waals surface area contributed by atoms with Gasteiger partial charge in [-0.1, -0.05) is 0 Å². The first-order valence-corrected chi connectivity index (χ1v) is 9.51. The van der Waals surface area contributed by atoms with Gasteiger partial charge in [-0.05, 0) is 37.3 Å². The third-order valence-electron chi connectivity index (χ3n) is 4.36. The molecule has 0 saturated carbocycles. The fourth-order valence-electron chi connectivity index (χ4n) is 2.98. The predicted octanol–water partition coefficient (Wildman–Crippen LogP) is 3.32. The van der Waals surface area contributed by atoms with Crippen LogP contribution in [0, 0.1) is 6.92 Å². The fraction of sp³-hybridized carbons (Fsp3) is 0.200. The number of ether oxygens (including phenoxy) is 2. The maximum absolute atomic E-state index is 12.9. The molecule has 4 rings (SSSR count). The van der Waals surface area contributed by atoms with E-state index in [1.165, 1.54) is 31.8 Å². The quantitative estimate of drug-likeness (QED) is 0.449. The Morgan fingerprint density at radius 1 is 1.21 bits per heavy atom. The molecule has 0 N–H and O–H groups in total. The van der Waals surface area contributed by atoms with Crippen LogP contribution in [-0.2, 0) is 6.54 Å². The largest absolute Gasteiger partial charge is 0.493 e. The van der Waals surface area contributed by atoms with Crippen molar-refractivity contribution < 1.29 is 18.7 Å². The molecule has 3 aromatic heterocycles. The van der Waals surface area contributed by atoms with Gasteiger partial charge in [-0.25, -0.2) is 9.67 Å². The Labute approximate surface area is 169 Å². The summed E-state index contributed by atoms with van der Waals surface area (Å²) in [6.45, 7) is 1.57. The monoisotopic (exact) mass is 411 g/mol. The van der Waals surface area contributed by atoms with Crippen molar-refractivity contribution in [2.24, 2.45) is 0 Å². The first kappa shape index (κ1) is 18.9. The number of hydrogen-bond acceptors (Lipinski definition) is 8. The zero-order valence-corrected chi connectivity index (χ0v) is 16.8. The van der Waals surface area contributed by atoms with E-state index in [2.05, 4.69) is 10.1 Å². The summed E-state index contributed by atoms with van der Waals surface area (Å²) in [5.74, 6) is 1.16. The maximum atomic E-state index is 12.9. The van der Waals surface area contributed by atoms with Crippen LogP contribution in [0.25, 0.3) is 21.7 Å². The minimum atomic E-state index is -0.423. The van der Waals surface area contributed by atoms with Gasteiger partial charge in [0.05, 0.1) is 30.2 Å². The number of hydrogen-bond donors (Lipinski definition) is 0. The molecule has 1 aromatic carbocycles. The summed E-state index contributed by atoms with van der Waals surface area (Å²) in [7, 11) is 3.01. The second kappa shape index (κ2) is 7.51. The molecular weight excluding hydrogens is 394 g/mol. The lowest BCUT2D eigenvalue weighted by atomic mass is 10.1. The lowest BCUT2D eigenvalue weighted by Crippen LogP contribution is -2.27. The average Bonchev–Trinajstić information content (AvgIpc) is 3.39. The summed E-state index contributed by atoms with van der Waals surface area (Å²) in [5.41, 5.74) is 0.711. The van der Waals surface area contributed by atoms with Crippen LogP contribution in [0.5, 0.6) is 11.5 Å². The molecule has 0 aliphatic carbocycles. The number of ketones is 1. The minimum absolute atomic E-state index is 0.242. The van der Waals surface area contributed by atoms with Crippen molar-refractivity contribution in [1.29, 1.82) is 0 Å². The van der Waals surface area contributed by atoms with Crippen LogP contribution < -0.4 is 15.0 Å². The first-order valence-electron chi connectivity index (χ1n) is 8.69. The summed E-state index contributed by atoms with van der Waals surface area (Å²) in [5, 5.41) is 5.13. The third-order valence-corrected chi connectivity index (χ3v) is 5.34. The molecular formula is C20H17N3O5S. The molecule has 0 atom stereocenters. The van der Waals surface area contributed by atoms with Gasteiger partial charge in [-0.15, -0.1) is 11.3 Å². The highest BCUT2D eigenvalue weighted by Gasteiger charge is 2.20. The maximum Gasteiger partial charge on any atom is 0.294 e. The Kier molecular flexibility index (Phi) is 4.89. The molecule has 0 spiro atoms. The van der Waals surface area contributed by atoms with E-state index in [4.69, 9.17) is 13.9 Å². The van der Waals surface area contributed by atoms with Crippen molar-refractivity contribution >= 4 is 27.3 Å². The first-order chi connectivity index (χ1) is 14.0. The third kappa shape index (κ3) is 3.40. The van der Waals surface area contributed by atoms with Crippen LogP contribution >= 0.6 is 11.3 Å². The number of aromatic nitrogens is 3. The number of nitrogens with zero attached hydrogens (tertiary/aromatic N) is 3. The number of fused-ring (bicyclic) bond motifs is 1. The zero-order valence-electron chi connectivity index (χ0n) is 16.0. The van der Waals surface area contributed by atoms with Gasteiger partial charge in [0.15, 0.2) is 28.6 Å². The van der Waals surface area contributed by atoms with E-state index in [9.17, 15) is 9.59 Å². The Morgan fingerprint density at radius 2 is 2.00 bits per heavy atom. The Hall–Kier alpha value is -3.46. The van der Waals surface area contributed by atoms with Gasteiger partial charge >= 0.3 is 0 Å². The Morgan fingerprint density at radius 3 is 2.69 bits per heavy atom. The van der Waals surface area contributed by atoms with Crippen LogP contribution in [0.15, 0.2) is 45.8 Å². The number of thiazole rings is 1. The van der Waals surface area contributed by atoms with E-state index in [1.54, 1.807) is 30.3 Å². The van der Waals surface area contributed by atoms with Gasteiger partial charge in [0.2, 0.25) is 0 Å². The second-order valence-electron chi connectivity index (χ2n) is 6.19. The molecule has 0 amide bonds. The number of furan rings is 1. The summed E-state index contributed by atoms with van der Waals surface area (Å²) >= 11 is 1.36. The smallest absolute Gasteiger partial charge is 0.294 e. The summed E-state index contributed by atoms with van der Waals surface area (Å²) in [4.78, 5) is 30.0. The lowest BCUT2D eigenvalue weighted by molar-refractivity contribution is 0.0965. The van der Waals surface area contributed by atoms with Crippen LogP contribution in [0.1, 0.15) is 15.4 Å². The van der Waals surface area contributed by atoms with Crippen LogP contribution in [0.2, 0.25) is 0 Å². The minimum Gasteiger partial charge on any atom is -0.493 e.